The van der Waals surface area contributed by atoms with Crippen LogP contribution >= 0.6 is 0 Å². The number of carboxylic acids is 1. The largest absolute Gasteiger partial charge is 0.478 e. The van der Waals surface area contributed by atoms with Gasteiger partial charge in [0.15, 0.2) is 0 Å². The van der Waals surface area contributed by atoms with Gasteiger partial charge in [-0.1, -0.05) is 6.07 Å². The van der Waals surface area contributed by atoms with Crippen molar-refractivity contribution in [1.29, 1.82) is 0 Å². The van der Waals surface area contributed by atoms with Crippen molar-refractivity contribution in [3.8, 4) is 0 Å². The van der Waals surface area contributed by atoms with E-state index in [4.69, 9.17) is 16.6 Å². The molecule has 0 unspecified atom stereocenters. The van der Waals surface area contributed by atoms with Crippen LogP contribution in [0.4, 0.5) is 10.1 Å². The molecule has 1 aromatic rings. The van der Waals surface area contributed by atoms with E-state index in [1.165, 1.54) is 18.2 Å². The highest BCUT2D eigenvalue weighted by molar-refractivity contribution is 5.86. The van der Waals surface area contributed by atoms with Crippen molar-refractivity contribution < 1.29 is 23.9 Å². The van der Waals surface area contributed by atoms with Crippen LogP contribution in [0.1, 0.15) is 5.56 Å². The summed E-state index contributed by atoms with van der Waals surface area (Å²) in [6, 6.07) is 3.82. The first kappa shape index (κ1) is 16.2. The van der Waals surface area contributed by atoms with Crippen LogP contribution in [0, 0.1) is 5.82 Å². The number of benzene rings is 1. The third-order valence-electron chi connectivity index (χ3n) is 2.42. The number of hydrogen-bond donors (Lipinski definition) is 3. The Morgan fingerprint density at radius 2 is 1.76 bits per heavy atom. The Morgan fingerprint density at radius 1 is 1.19 bits per heavy atom. The summed E-state index contributed by atoms with van der Waals surface area (Å²) in [5.41, 5.74) is 10.4. The van der Waals surface area contributed by atoms with Gasteiger partial charge < -0.3 is 21.5 Å². The highest BCUT2D eigenvalue weighted by atomic mass is 19.1. The summed E-state index contributed by atoms with van der Waals surface area (Å²) in [7, 11) is 0. The number of anilines is 1. The molecule has 21 heavy (non-hydrogen) atoms. The lowest BCUT2D eigenvalue weighted by atomic mass is 10.1. The average Bonchev–Trinajstić information content (AvgIpc) is 2.34. The fourth-order valence-electron chi connectivity index (χ4n) is 1.65. The molecule has 1 aromatic carbocycles. The van der Waals surface area contributed by atoms with Gasteiger partial charge in [-0.2, -0.15) is 0 Å². The van der Waals surface area contributed by atoms with E-state index in [-0.39, 0.29) is 18.8 Å². The highest BCUT2D eigenvalue weighted by Crippen LogP contribution is 2.21. The molecular weight excluding hydrogens is 281 g/mol. The van der Waals surface area contributed by atoms with Crippen LogP contribution in [0.25, 0.3) is 6.08 Å². The summed E-state index contributed by atoms with van der Waals surface area (Å²) < 4.78 is 14.0. The van der Waals surface area contributed by atoms with Crippen molar-refractivity contribution in [3.05, 3.63) is 35.7 Å². The number of hydrogen-bond acceptors (Lipinski definition) is 4. The van der Waals surface area contributed by atoms with Gasteiger partial charge in [0.25, 0.3) is 0 Å². The van der Waals surface area contributed by atoms with Crippen LogP contribution in [0.3, 0.4) is 0 Å². The molecule has 0 bridgehead atoms. The molecule has 5 N–H and O–H groups in total. The second-order valence-electron chi connectivity index (χ2n) is 4.17. The first-order valence-electron chi connectivity index (χ1n) is 5.81. The van der Waals surface area contributed by atoms with Gasteiger partial charge in [-0.05, 0) is 23.8 Å². The van der Waals surface area contributed by atoms with Gasteiger partial charge in [0, 0.05) is 6.08 Å². The molecule has 7 nitrogen and oxygen atoms in total. The number of carbonyl (C=O) groups is 3. The van der Waals surface area contributed by atoms with Gasteiger partial charge in [0.1, 0.15) is 5.82 Å². The van der Waals surface area contributed by atoms with E-state index in [2.05, 4.69) is 0 Å². The Balaban J connectivity index is 3.06. The average molecular weight is 295 g/mol. The van der Waals surface area contributed by atoms with Gasteiger partial charge in [-0.25, -0.2) is 9.18 Å². The highest BCUT2D eigenvalue weighted by Gasteiger charge is 2.16. The van der Waals surface area contributed by atoms with Crippen LogP contribution in [0.15, 0.2) is 24.3 Å². The van der Waals surface area contributed by atoms with Gasteiger partial charge in [0.05, 0.1) is 18.8 Å². The lowest BCUT2D eigenvalue weighted by Crippen LogP contribution is -2.40. The van der Waals surface area contributed by atoms with Gasteiger partial charge in [-0.15, -0.1) is 0 Å². The van der Waals surface area contributed by atoms with E-state index in [1.807, 2.05) is 0 Å². The number of halogens is 1. The van der Waals surface area contributed by atoms with Crippen molar-refractivity contribution in [3.63, 3.8) is 0 Å². The van der Waals surface area contributed by atoms with Crippen LogP contribution in [0.5, 0.6) is 0 Å². The number of carbonyl (C=O) groups excluding carboxylic acids is 2. The first-order chi connectivity index (χ1) is 9.79. The fraction of sp³-hybridized carbons (Fsp3) is 0.154. The molecule has 8 heteroatoms. The Kier molecular flexibility index (Phi) is 5.41. The van der Waals surface area contributed by atoms with Crippen LogP contribution in [-0.2, 0) is 14.4 Å². The number of nitrogens with zero attached hydrogens (tertiary/aromatic N) is 1. The van der Waals surface area contributed by atoms with Gasteiger partial charge in [-0.3, -0.25) is 9.59 Å². The van der Waals surface area contributed by atoms with Crippen LogP contribution < -0.4 is 16.4 Å². The zero-order valence-electron chi connectivity index (χ0n) is 11.0. The van der Waals surface area contributed by atoms with Crippen LogP contribution in [0.2, 0.25) is 0 Å². The summed E-state index contributed by atoms with van der Waals surface area (Å²) in [4.78, 5) is 33.4. The Hall–Kier alpha value is -2.90. The monoisotopic (exact) mass is 295 g/mol. The van der Waals surface area contributed by atoms with Gasteiger partial charge >= 0.3 is 5.97 Å². The normalized spacial score (nSPS) is 10.5. The quantitative estimate of drug-likeness (QED) is 0.595. The summed E-state index contributed by atoms with van der Waals surface area (Å²) in [5, 5.41) is 8.49. The summed E-state index contributed by atoms with van der Waals surface area (Å²) in [6.07, 6.45) is 2.07. The smallest absolute Gasteiger partial charge is 0.328 e. The molecule has 0 aliphatic heterocycles. The summed E-state index contributed by atoms with van der Waals surface area (Å²) in [6.45, 7) is -0.742. The molecular formula is C13H14FN3O4. The number of carboxylic acid groups (broad SMARTS) is 1. The minimum absolute atomic E-state index is 0.0277. The molecule has 0 heterocycles. The molecule has 0 atom stereocenters. The van der Waals surface area contributed by atoms with Crippen molar-refractivity contribution >= 4 is 29.5 Å². The van der Waals surface area contributed by atoms with Crippen molar-refractivity contribution in [2.75, 3.05) is 18.0 Å². The first-order valence-corrected chi connectivity index (χ1v) is 5.81. The maximum atomic E-state index is 14.0. The predicted molar refractivity (Wildman–Crippen MR) is 73.7 cm³/mol. The third-order valence-corrected chi connectivity index (χ3v) is 2.42. The molecule has 0 saturated heterocycles. The Labute approximate surface area is 119 Å². The zero-order valence-corrected chi connectivity index (χ0v) is 11.0. The summed E-state index contributed by atoms with van der Waals surface area (Å²) >= 11 is 0. The van der Waals surface area contributed by atoms with Gasteiger partial charge in [0.2, 0.25) is 11.8 Å². The minimum Gasteiger partial charge on any atom is -0.478 e. The topological polar surface area (TPSA) is 127 Å². The molecule has 0 saturated carbocycles. The number of rotatable bonds is 7. The third kappa shape index (κ3) is 5.31. The Morgan fingerprint density at radius 3 is 2.19 bits per heavy atom. The molecule has 0 aliphatic carbocycles. The molecule has 2 amide bonds. The molecule has 0 radical (unpaired) electrons. The van der Waals surface area contributed by atoms with E-state index < -0.39 is 23.6 Å². The standard InChI is InChI=1S/C13H14FN3O4/c14-9-5-8(2-4-13(20)21)1-3-10(9)17(6-11(15)18)7-12(16)19/h1-5H,6-7H2,(H2,15,18)(H2,16,19)(H,20,21). The van der Waals surface area contributed by atoms with E-state index in [9.17, 15) is 18.8 Å². The Bertz CT molecular complexity index is 585. The zero-order chi connectivity index (χ0) is 16.0. The molecule has 112 valence electrons. The van der Waals surface area contributed by atoms with E-state index >= 15 is 0 Å². The second-order valence-corrected chi connectivity index (χ2v) is 4.17. The number of primary amides is 2. The molecule has 0 aliphatic rings. The van der Waals surface area contributed by atoms with E-state index in [0.717, 1.165) is 17.0 Å². The lowest BCUT2D eigenvalue weighted by molar-refractivity contribution is -0.131. The number of aliphatic carboxylic acids is 1. The molecule has 0 aromatic heterocycles. The number of amides is 2. The number of nitrogens with two attached hydrogens (primary N) is 2. The molecule has 0 spiro atoms. The van der Waals surface area contributed by atoms with Crippen LogP contribution in [-0.4, -0.2) is 36.0 Å². The maximum absolute atomic E-state index is 14.0. The molecule has 0 fully saturated rings. The lowest BCUT2D eigenvalue weighted by Gasteiger charge is -2.22. The van der Waals surface area contributed by atoms with E-state index in [0.29, 0.717) is 5.56 Å². The second kappa shape index (κ2) is 7.04. The minimum atomic E-state index is -1.16. The van der Waals surface area contributed by atoms with Crippen molar-refractivity contribution in [1.82, 2.24) is 0 Å². The van der Waals surface area contributed by atoms with E-state index in [1.54, 1.807) is 0 Å². The SMILES string of the molecule is NC(=O)CN(CC(N)=O)c1ccc(C=CC(=O)O)cc1F. The van der Waals surface area contributed by atoms with Crippen molar-refractivity contribution in [2.45, 2.75) is 0 Å². The maximum Gasteiger partial charge on any atom is 0.328 e. The van der Waals surface area contributed by atoms with Crippen molar-refractivity contribution in [2.24, 2.45) is 11.5 Å². The predicted octanol–water partition coefficient (Wildman–Crippen LogP) is -0.299. The summed E-state index contributed by atoms with van der Waals surface area (Å²) in [5.74, 6) is -3.38. The fourth-order valence-corrected chi connectivity index (χ4v) is 1.65. The molecule has 1 rings (SSSR count).